The monoisotopic (exact) mass is 322 g/mol. The second kappa shape index (κ2) is 5.76. The summed E-state index contributed by atoms with van der Waals surface area (Å²) < 4.78 is 1.65. The van der Waals surface area contributed by atoms with E-state index in [1.165, 1.54) is 0 Å². The minimum Gasteiger partial charge on any atom is -0.343 e. The number of halogens is 1. The smallest absolute Gasteiger partial charge is 0.140 e. The van der Waals surface area contributed by atoms with Gasteiger partial charge in [0.15, 0.2) is 0 Å². The summed E-state index contributed by atoms with van der Waals surface area (Å²) in [5, 5.41) is 0. The van der Waals surface area contributed by atoms with Crippen LogP contribution in [0, 0.1) is 10.6 Å². The van der Waals surface area contributed by atoms with E-state index < -0.39 is 0 Å². The predicted octanol–water partition coefficient (Wildman–Crippen LogP) is 4.77. The van der Waals surface area contributed by atoms with E-state index in [-0.39, 0.29) is 0 Å². The molecule has 0 fully saturated rings. The predicted molar refractivity (Wildman–Crippen MR) is 81.1 cm³/mol. The minimum absolute atomic E-state index is 0.588. The SMILES string of the molecule is CC(C)Cc1cc(=S)nc(-c2ccccc2Br)[nH]1. The Morgan fingerprint density at radius 2 is 2.06 bits per heavy atom. The lowest BCUT2D eigenvalue weighted by atomic mass is 10.1. The molecule has 2 nitrogen and oxygen atoms in total. The van der Waals surface area contributed by atoms with Crippen LogP contribution in [-0.4, -0.2) is 9.97 Å². The van der Waals surface area contributed by atoms with Crippen LogP contribution in [0.3, 0.4) is 0 Å². The van der Waals surface area contributed by atoms with Crippen LogP contribution in [0.1, 0.15) is 19.5 Å². The highest BCUT2D eigenvalue weighted by Gasteiger charge is 2.06. The van der Waals surface area contributed by atoms with Gasteiger partial charge in [0.1, 0.15) is 10.5 Å². The third-order valence-electron chi connectivity index (χ3n) is 2.56. The van der Waals surface area contributed by atoms with Crippen LogP contribution in [0.2, 0.25) is 0 Å². The van der Waals surface area contributed by atoms with Crippen LogP contribution in [0.5, 0.6) is 0 Å². The zero-order valence-electron chi connectivity index (χ0n) is 10.4. The molecule has 0 aliphatic carbocycles. The van der Waals surface area contributed by atoms with Crippen molar-refractivity contribution in [3.63, 3.8) is 0 Å². The van der Waals surface area contributed by atoms with Crippen molar-refractivity contribution in [1.29, 1.82) is 0 Å². The van der Waals surface area contributed by atoms with Crippen molar-refractivity contribution < 1.29 is 0 Å². The number of aromatic nitrogens is 2. The molecule has 1 heterocycles. The molecule has 0 atom stereocenters. The van der Waals surface area contributed by atoms with E-state index in [1.807, 2.05) is 30.3 Å². The molecular formula is C14H15BrN2S. The van der Waals surface area contributed by atoms with E-state index in [4.69, 9.17) is 12.2 Å². The first-order chi connectivity index (χ1) is 8.56. The van der Waals surface area contributed by atoms with Crippen molar-refractivity contribution in [2.75, 3.05) is 0 Å². The third-order valence-corrected chi connectivity index (χ3v) is 3.46. The number of hydrogen-bond donors (Lipinski definition) is 1. The maximum atomic E-state index is 5.24. The lowest BCUT2D eigenvalue weighted by Crippen LogP contribution is -2.00. The first kappa shape index (κ1) is 13.4. The molecule has 4 heteroatoms. The highest BCUT2D eigenvalue weighted by atomic mass is 79.9. The molecule has 1 N–H and O–H groups in total. The Balaban J connectivity index is 2.49. The Labute approximate surface area is 121 Å². The summed E-state index contributed by atoms with van der Waals surface area (Å²) in [4.78, 5) is 7.77. The second-order valence-electron chi connectivity index (χ2n) is 4.67. The average Bonchev–Trinajstić information content (AvgIpc) is 2.27. The lowest BCUT2D eigenvalue weighted by molar-refractivity contribution is 0.634. The van der Waals surface area contributed by atoms with Crippen LogP contribution >= 0.6 is 28.1 Å². The molecule has 2 aromatic rings. The second-order valence-corrected chi connectivity index (χ2v) is 5.94. The molecule has 1 aromatic carbocycles. The van der Waals surface area contributed by atoms with Crippen LogP contribution in [-0.2, 0) is 6.42 Å². The lowest BCUT2D eigenvalue weighted by Gasteiger charge is -2.09. The van der Waals surface area contributed by atoms with Gasteiger partial charge in [0.2, 0.25) is 0 Å². The van der Waals surface area contributed by atoms with E-state index in [0.717, 1.165) is 28.0 Å². The standard InChI is InChI=1S/C14H15BrN2S/c1-9(2)7-10-8-13(18)17-14(16-10)11-5-3-4-6-12(11)15/h3-6,8-9H,7H2,1-2H3,(H,16,17,18). The molecule has 18 heavy (non-hydrogen) atoms. The molecule has 0 radical (unpaired) electrons. The van der Waals surface area contributed by atoms with Crippen LogP contribution in [0.4, 0.5) is 0 Å². The molecule has 0 unspecified atom stereocenters. The molecule has 94 valence electrons. The van der Waals surface area contributed by atoms with Crippen LogP contribution < -0.4 is 0 Å². The Bertz CT molecular complexity index is 605. The zero-order valence-corrected chi connectivity index (χ0v) is 12.8. The van der Waals surface area contributed by atoms with E-state index >= 15 is 0 Å². The Kier molecular flexibility index (Phi) is 4.30. The van der Waals surface area contributed by atoms with Gasteiger partial charge < -0.3 is 4.98 Å². The van der Waals surface area contributed by atoms with Crippen LogP contribution in [0.25, 0.3) is 11.4 Å². The Hall–Kier alpha value is -1.000. The highest BCUT2D eigenvalue weighted by Crippen LogP contribution is 2.25. The van der Waals surface area contributed by atoms with E-state index in [2.05, 4.69) is 39.7 Å². The first-order valence-electron chi connectivity index (χ1n) is 5.91. The average molecular weight is 323 g/mol. The van der Waals surface area contributed by atoms with E-state index in [9.17, 15) is 0 Å². The van der Waals surface area contributed by atoms with Crippen molar-refractivity contribution >= 4 is 28.1 Å². The number of rotatable bonds is 3. The van der Waals surface area contributed by atoms with Crippen molar-refractivity contribution in [3.05, 3.63) is 45.1 Å². The van der Waals surface area contributed by atoms with Crippen molar-refractivity contribution in [1.82, 2.24) is 9.97 Å². The van der Waals surface area contributed by atoms with Gasteiger partial charge in [-0.05, 0) is 24.5 Å². The molecule has 0 spiro atoms. The fourth-order valence-corrected chi connectivity index (χ4v) is 2.54. The van der Waals surface area contributed by atoms with Gasteiger partial charge in [0.25, 0.3) is 0 Å². The summed E-state index contributed by atoms with van der Waals surface area (Å²) in [6.07, 6.45) is 0.976. The first-order valence-corrected chi connectivity index (χ1v) is 7.11. The number of H-pyrrole nitrogens is 1. The number of aromatic amines is 1. The van der Waals surface area contributed by atoms with Gasteiger partial charge in [-0.15, -0.1) is 0 Å². The minimum atomic E-state index is 0.588. The van der Waals surface area contributed by atoms with Gasteiger partial charge in [-0.3, -0.25) is 0 Å². The highest BCUT2D eigenvalue weighted by molar-refractivity contribution is 9.10. The van der Waals surface area contributed by atoms with Gasteiger partial charge >= 0.3 is 0 Å². The molecule has 0 saturated carbocycles. The summed E-state index contributed by atoms with van der Waals surface area (Å²) in [6, 6.07) is 9.95. The fraction of sp³-hybridized carbons (Fsp3) is 0.286. The summed E-state index contributed by atoms with van der Waals surface area (Å²) >= 11 is 8.78. The normalized spacial score (nSPS) is 10.9. The van der Waals surface area contributed by atoms with Crippen molar-refractivity contribution in [2.24, 2.45) is 5.92 Å². The molecule has 0 saturated heterocycles. The third kappa shape index (κ3) is 3.27. The quantitative estimate of drug-likeness (QED) is 0.825. The summed E-state index contributed by atoms with van der Waals surface area (Å²) in [7, 11) is 0. The maximum absolute atomic E-state index is 5.24. The Morgan fingerprint density at radius 1 is 1.33 bits per heavy atom. The molecule has 2 rings (SSSR count). The number of nitrogens with zero attached hydrogens (tertiary/aromatic N) is 1. The summed E-state index contributed by atoms with van der Waals surface area (Å²) in [6.45, 7) is 4.38. The summed E-state index contributed by atoms with van der Waals surface area (Å²) in [5.41, 5.74) is 2.17. The molecule has 0 amide bonds. The maximum Gasteiger partial charge on any atom is 0.140 e. The Morgan fingerprint density at radius 3 is 2.72 bits per heavy atom. The van der Waals surface area contributed by atoms with Crippen LogP contribution in [0.15, 0.2) is 34.8 Å². The molecule has 0 bridgehead atoms. The van der Waals surface area contributed by atoms with Gasteiger partial charge in [-0.25, -0.2) is 4.98 Å². The van der Waals surface area contributed by atoms with Gasteiger partial charge in [0, 0.05) is 15.7 Å². The molecule has 0 aliphatic heterocycles. The zero-order chi connectivity index (χ0) is 13.1. The topological polar surface area (TPSA) is 28.7 Å². The van der Waals surface area contributed by atoms with Crippen molar-refractivity contribution in [2.45, 2.75) is 20.3 Å². The number of hydrogen-bond acceptors (Lipinski definition) is 2. The van der Waals surface area contributed by atoms with E-state index in [1.54, 1.807) is 0 Å². The largest absolute Gasteiger partial charge is 0.343 e. The number of benzene rings is 1. The van der Waals surface area contributed by atoms with Gasteiger partial charge in [-0.2, -0.15) is 0 Å². The summed E-state index contributed by atoms with van der Waals surface area (Å²) in [5.74, 6) is 1.41. The van der Waals surface area contributed by atoms with Crippen molar-refractivity contribution in [3.8, 4) is 11.4 Å². The van der Waals surface area contributed by atoms with Gasteiger partial charge in [-0.1, -0.05) is 60.2 Å². The fourth-order valence-electron chi connectivity index (χ4n) is 1.84. The molecular weight excluding hydrogens is 308 g/mol. The van der Waals surface area contributed by atoms with E-state index in [0.29, 0.717) is 10.6 Å². The molecule has 1 aromatic heterocycles. The van der Waals surface area contributed by atoms with Gasteiger partial charge in [0.05, 0.1) is 0 Å². The molecule has 0 aliphatic rings. The number of nitrogens with one attached hydrogen (secondary N) is 1.